The lowest BCUT2D eigenvalue weighted by Gasteiger charge is -2.49. The van der Waals surface area contributed by atoms with Gasteiger partial charge in [0.15, 0.2) is 12.6 Å². The van der Waals surface area contributed by atoms with Crippen molar-refractivity contribution >= 4 is 12.6 Å². The van der Waals surface area contributed by atoms with Crippen molar-refractivity contribution in [2.24, 2.45) is 29.1 Å². The third kappa shape index (κ3) is 3.68. The van der Waals surface area contributed by atoms with Gasteiger partial charge in [0.2, 0.25) is 0 Å². The Morgan fingerprint density at radius 3 is 2.36 bits per heavy atom. The highest BCUT2D eigenvalue weighted by molar-refractivity contribution is 5.95. The van der Waals surface area contributed by atoms with Crippen molar-refractivity contribution in [2.75, 3.05) is 0 Å². The summed E-state index contributed by atoms with van der Waals surface area (Å²) < 4.78 is 6.68. The van der Waals surface area contributed by atoms with Gasteiger partial charge in [0, 0.05) is 11.5 Å². The van der Waals surface area contributed by atoms with Crippen molar-refractivity contribution in [3.05, 3.63) is 28.3 Å². The van der Waals surface area contributed by atoms with Crippen molar-refractivity contribution in [3.8, 4) is 17.2 Å². The molecule has 3 aliphatic rings. The molecule has 1 aromatic carbocycles. The third-order valence-electron chi connectivity index (χ3n) is 8.82. The minimum atomic E-state index is -0.559. The monoisotopic (exact) mass is 454 g/mol. The van der Waals surface area contributed by atoms with E-state index in [2.05, 4.69) is 47.6 Å². The largest absolute Gasteiger partial charge is 0.507 e. The Bertz CT molecular complexity index is 1000. The van der Waals surface area contributed by atoms with Gasteiger partial charge in [-0.2, -0.15) is 0 Å². The van der Waals surface area contributed by atoms with Gasteiger partial charge in [0.1, 0.15) is 22.8 Å². The first kappa shape index (κ1) is 23.8. The Kier molecular flexibility index (Phi) is 5.91. The number of aromatic hydroxyl groups is 2. The molecule has 0 bridgehead atoms. The molecule has 5 nitrogen and oxygen atoms in total. The molecule has 180 valence electrons. The molecule has 2 aliphatic carbocycles. The van der Waals surface area contributed by atoms with Crippen LogP contribution in [0.5, 0.6) is 17.2 Å². The molecule has 1 aliphatic heterocycles. The van der Waals surface area contributed by atoms with Crippen LogP contribution in [0.1, 0.15) is 106 Å². The molecule has 1 fully saturated rings. The van der Waals surface area contributed by atoms with Crippen molar-refractivity contribution in [1.29, 1.82) is 0 Å². The minimum Gasteiger partial charge on any atom is -0.507 e. The molecule has 33 heavy (non-hydrogen) atoms. The van der Waals surface area contributed by atoms with Gasteiger partial charge >= 0.3 is 0 Å². The number of hydrogen-bond acceptors (Lipinski definition) is 5. The summed E-state index contributed by atoms with van der Waals surface area (Å²) in [7, 11) is 0. The normalized spacial score (nSPS) is 34.1. The molecular formula is C28H38O5. The Labute approximate surface area is 197 Å². The molecule has 0 amide bonds. The van der Waals surface area contributed by atoms with E-state index in [0.717, 1.165) is 32.1 Å². The Morgan fingerprint density at radius 2 is 1.76 bits per heavy atom. The minimum absolute atomic E-state index is 0.0336. The number of carbonyl (C=O) groups is 2. The topological polar surface area (TPSA) is 83.8 Å². The molecule has 4 rings (SSSR count). The number of hydrogen-bond donors (Lipinski definition) is 2. The zero-order chi connectivity index (χ0) is 24.3. The first-order valence-electron chi connectivity index (χ1n) is 12.3. The summed E-state index contributed by atoms with van der Waals surface area (Å²) in [5.41, 5.74) is 1.28. The summed E-state index contributed by atoms with van der Waals surface area (Å²) in [5, 5.41) is 21.8. The second-order valence-corrected chi connectivity index (χ2v) is 11.8. The number of ether oxygens (including phenoxy) is 1. The number of rotatable bonds is 4. The fourth-order valence-corrected chi connectivity index (χ4v) is 7.11. The Morgan fingerprint density at radius 1 is 1.09 bits per heavy atom. The maximum absolute atomic E-state index is 12.1. The molecule has 2 N–H and O–H groups in total. The SMILES string of the molecule is C/C1=C\CC[C@]2(C)Oc3c(C=O)c(O)c(C=O)c(O)c3[C@H](CC(C)C)[C@H]2[C@H]2[C@@H](CC1)C2(C)C. The number of aldehydes is 2. The van der Waals surface area contributed by atoms with Crippen LogP contribution in [0.25, 0.3) is 0 Å². The van der Waals surface area contributed by atoms with Gasteiger partial charge in [0.25, 0.3) is 0 Å². The van der Waals surface area contributed by atoms with Crippen molar-refractivity contribution in [3.63, 3.8) is 0 Å². The maximum Gasteiger partial charge on any atom is 0.157 e. The highest BCUT2D eigenvalue weighted by Crippen LogP contribution is 2.71. The van der Waals surface area contributed by atoms with E-state index in [1.54, 1.807) is 0 Å². The van der Waals surface area contributed by atoms with E-state index in [1.165, 1.54) is 5.57 Å². The lowest BCUT2D eigenvalue weighted by atomic mass is 9.64. The Hall–Kier alpha value is -2.30. The van der Waals surface area contributed by atoms with Gasteiger partial charge in [0.05, 0.1) is 11.1 Å². The average molecular weight is 455 g/mol. The highest BCUT2D eigenvalue weighted by Gasteiger charge is 2.66. The highest BCUT2D eigenvalue weighted by atomic mass is 16.5. The van der Waals surface area contributed by atoms with E-state index < -0.39 is 11.4 Å². The van der Waals surface area contributed by atoms with Crippen LogP contribution in [0.15, 0.2) is 11.6 Å². The van der Waals surface area contributed by atoms with Gasteiger partial charge in [-0.15, -0.1) is 0 Å². The van der Waals surface area contributed by atoms with Crippen LogP contribution in [-0.4, -0.2) is 28.4 Å². The molecule has 1 aromatic rings. The number of benzene rings is 1. The van der Waals surface area contributed by atoms with Crippen LogP contribution < -0.4 is 4.74 Å². The van der Waals surface area contributed by atoms with Gasteiger partial charge in [-0.1, -0.05) is 39.3 Å². The number of fused-ring (bicyclic) bond motifs is 4. The summed E-state index contributed by atoms with van der Waals surface area (Å²) >= 11 is 0. The summed E-state index contributed by atoms with van der Waals surface area (Å²) in [6.07, 6.45) is 7.99. The van der Waals surface area contributed by atoms with Crippen LogP contribution in [-0.2, 0) is 0 Å². The molecule has 0 unspecified atom stereocenters. The molecule has 0 aromatic heterocycles. The molecule has 0 radical (unpaired) electrons. The van der Waals surface area contributed by atoms with E-state index in [4.69, 9.17) is 4.74 Å². The summed E-state index contributed by atoms with van der Waals surface area (Å²) in [4.78, 5) is 23.9. The second-order valence-electron chi connectivity index (χ2n) is 11.8. The van der Waals surface area contributed by atoms with Gasteiger partial charge in [-0.05, 0) is 75.0 Å². The quantitative estimate of drug-likeness (QED) is 0.405. The van der Waals surface area contributed by atoms with Crippen molar-refractivity contribution < 1.29 is 24.5 Å². The van der Waals surface area contributed by atoms with E-state index in [0.29, 0.717) is 35.9 Å². The van der Waals surface area contributed by atoms with E-state index in [-0.39, 0.29) is 39.9 Å². The summed E-state index contributed by atoms with van der Waals surface area (Å²) in [6.45, 7) is 13.3. The third-order valence-corrected chi connectivity index (χ3v) is 8.82. The number of allylic oxidation sites excluding steroid dienone is 2. The predicted octanol–water partition coefficient (Wildman–Crippen LogP) is 6.41. The molecule has 0 spiro atoms. The van der Waals surface area contributed by atoms with Crippen LogP contribution in [0.3, 0.4) is 0 Å². The van der Waals surface area contributed by atoms with E-state index in [9.17, 15) is 19.8 Å². The average Bonchev–Trinajstić information content (AvgIpc) is 3.25. The predicted molar refractivity (Wildman–Crippen MR) is 128 cm³/mol. The molecule has 0 saturated heterocycles. The van der Waals surface area contributed by atoms with E-state index in [1.807, 2.05) is 0 Å². The zero-order valence-electron chi connectivity index (χ0n) is 20.8. The van der Waals surface area contributed by atoms with Crippen LogP contribution in [0.4, 0.5) is 0 Å². The van der Waals surface area contributed by atoms with Gasteiger partial charge < -0.3 is 14.9 Å². The van der Waals surface area contributed by atoms with Gasteiger partial charge in [-0.25, -0.2) is 0 Å². The van der Waals surface area contributed by atoms with Crippen LogP contribution in [0, 0.1) is 29.1 Å². The fourth-order valence-electron chi connectivity index (χ4n) is 7.11. The number of phenols is 2. The smallest absolute Gasteiger partial charge is 0.157 e. The molecule has 1 heterocycles. The molecular weight excluding hydrogens is 416 g/mol. The molecule has 5 atom stereocenters. The zero-order valence-corrected chi connectivity index (χ0v) is 20.8. The van der Waals surface area contributed by atoms with Crippen LogP contribution >= 0.6 is 0 Å². The summed E-state index contributed by atoms with van der Waals surface area (Å²) in [5.74, 6) is 0.888. The molecule has 5 heteroatoms. The van der Waals surface area contributed by atoms with Gasteiger partial charge in [-0.3, -0.25) is 9.59 Å². The lowest BCUT2D eigenvalue weighted by molar-refractivity contribution is -0.0348. The van der Waals surface area contributed by atoms with Crippen molar-refractivity contribution in [1.82, 2.24) is 0 Å². The lowest BCUT2D eigenvalue weighted by Crippen LogP contribution is -2.49. The maximum atomic E-state index is 12.1. The summed E-state index contributed by atoms with van der Waals surface area (Å²) in [6, 6.07) is 0. The molecule has 1 saturated carbocycles. The van der Waals surface area contributed by atoms with Crippen molar-refractivity contribution in [2.45, 2.75) is 85.2 Å². The van der Waals surface area contributed by atoms with Crippen LogP contribution in [0.2, 0.25) is 0 Å². The number of phenolic OH excluding ortho intramolecular Hbond substituents is 2. The second kappa shape index (κ2) is 8.18. The standard InChI is InChI=1S/C28H38O5/c1-15(2)12-17-21-25(32)18(13-29)24(31)19(14-30)26(21)33-28(6)11-7-8-16(3)9-10-20-23(22(17)28)27(20,4)5/h8,13-15,17,20,22-23,31-32H,7,9-12H2,1-6H3/b16-8+/t17-,20+,22-,23+,28-/m0/s1. The van der Waals surface area contributed by atoms with E-state index >= 15 is 0 Å². The first-order chi connectivity index (χ1) is 15.5. The fraction of sp³-hybridized carbons (Fsp3) is 0.643. The Balaban J connectivity index is 1.98. The number of carbonyl (C=O) groups excluding carboxylic acids is 2. The first-order valence-corrected chi connectivity index (χ1v) is 12.3.